The second-order valence-electron chi connectivity index (χ2n) is 6.08. The molecular formula is C20H18ClNO3S. The number of aromatic nitrogens is 1. The molecule has 134 valence electrons. The van der Waals surface area contributed by atoms with Gasteiger partial charge < -0.3 is 4.74 Å². The van der Waals surface area contributed by atoms with Gasteiger partial charge in [0.05, 0.1) is 16.8 Å². The smallest absolute Gasteiger partial charge is 0.306 e. The molecule has 3 aromatic rings. The number of esters is 1. The van der Waals surface area contributed by atoms with Crippen LogP contribution in [0.15, 0.2) is 35.7 Å². The van der Waals surface area contributed by atoms with E-state index in [1.165, 1.54) is 11.3 Å². The first kappa shape index (κ1) is 18.5. The van der Waals surface area contributed by atoms with Crippen molar-refractivity contribution in [3.63, 3.8) is 0 Å². The molecular weight excluding hydrogens is 370 g/mol. The Bertz CT molecular complexity index is 967. The summed E-state index contributed by atoms with van der Waals surface area (Å²) in [4.78, 5) is 28.9. The summed E-state index contributed by atoms with van der Waals surface area (Å²) >= 11 is 7.62. The molecule has 2 heterocycles. The number of aryl methyl sites for hydroxylation is 2. The zero-order valence-electron chi connectivity index (χ0n) is 14.5. The van der Waals surface area contributed by atoms with E-state index in [4.69, 9.17) is 16.3 Å². The summed E-state index contributed by atoms with van der Waals surface area (Å²) in [5, 5.41) is 3.12. The number of thiophene rings is 1. The van der Waals surface area contributed by atoms with Crippen LogP contribution in [0.3, 0.4) is 0 Å². The fourth-order valence-corrected chi connectivity index (χ4v) is 3.50. The molecule has 0 atom stereocenters. The third-order valence-electron chi connectivity index (χ3n) is 4.28. The molecule has 0 amide bonds. The van der Waals surface area contributed by atoms with E-state index < -0.39 is 5.97 Å². The molecule has 1 aromatic carbocycles. The Kier molecular flexibility index (Phi) is 5.69. The number of halogens is 1. The molecule has 2 aromatic heterocycles. The summed E-state index contributed by atoms with van der Waals surface area (Å²) in [6.45, 7) is 4.07. The molecule has 3 rings (SSSR count). The van der Waals surface area contributed by atoms with Crippen LogP contribution in [0.2, 0.25) is 5.15 Å². The van der Waals surface area contributed by atoms with Crippen molar-refractivity contribution in [3.05, 3.63) is 62.4 Å². The zero-order chi connectivity index (χ0) is 18.7. The lowest BCUT2D eigenvalue weighted by atomic mass is 10.0. The van der Waals surface area contributed by atoms with Crippen molar-refractivity contribution in [1.29, 1.82) is 0 Å². The molecule has 0 radical (unpaired) electrons. The lowest BCUT2D eigenvalue weighted by molar-refractivity contribution is -0.144. The number of hydrogen-bond donors (Lipinski definition) is 0. The minimum Gasteiger partial charge on any atom is -0.461 e. The van der Waals surface area contributed by atoms with Crippen LogP contribution in [-0.2, 0) is 16.1 Å². The third kappa shape index (κ3) is 4.11. The van der Waals surface area contributed by atoms with Crippen molar-refractivity contribution in [3.8, 4) is 0 Å². The highest BCUT2D eigenvalue weighted by Gasteiger charge is 2.13. The third-order valence-corrected chi connectivity index (χ3v) is 5.52. The van der Waals surface area contributed by atoms with Gasteiger partial charge >= 0.3 is 5.97 Å². The highest BCUT2D eigenvalue weighted by molar-refractivity contribution is 7.12. The van der Waals surface area contributed by atoms with E-state index >= 15 is 0 Å². The second-order valence-corrected chi connectivity index (χ2v) is 7.38. The molecule has 0 aliphatic heterocycles. The van der Waals surface area contributed by atoms with Gasteiger partial charge in [-0.15, -0.1) is 11.3 Å². The lowest BCUT2D eigenvalue weighted by Gasteiger charge is -2.10. The van der Waals surface area contributed by atoms with Gasteiger partial charge in [0, 0.05) is 17.4 Å². The molecule has 0 saturated carbocycles. The van der Waals surface area contributed by atoms with E-state index in [0.717, 1.165) is 22.0 Å². The maximum atomic E-state index is 11.9. The van der Waals surface area contributed by atoms with Gasteiger partial charge in [-0.05, 0) is 42.5 Å². The first-order valence-corrected chi connectivity index (χ1v) is 9.49. The Hall–Kier alpha value is -2.24. The standard InChI is InChI=1S/C20H18ClNO3S/c1-12-5-6-14-10-15(20(21)22-19(14)13(12)2)11-25-18(24)8-7-16(23)17-4-3-9-26-17/h3-6,9-10H,7-8,11H2,1-2H3. The van der Waals surface area contributed by atoms with Crippen LogP contribution in [0.1, 0.15) is 39.2 Å². The molecule has 0 spiro atoms. The average molecular weight is 388 g/mol. The molecule has 0 aliphatic rings. The molecule has 0 fully saturated rings. The summed E-state index contributed by atoms with van der Waals surface area (Å²) in [6.07, 6.45) is 0.190. The van der Waals surface area contributed by atoms with Crippen LogP contribution in [0.5, 0.6) is 0 Å². The maximum Gasteiger partial charge on any atom is 0.306 e. The lowest BCUT2D eigenvalue weighted by Crippen LogP contribution is -2.08. The van der Waals surface area contributed by atoms with Gasteiger partial charge in [0.2, 0.25) is 0 Å². The first-order valence-electron chi connectivity index (χ1n) is 8.23. The number of carbonyl (C=O) groups is 2. The van der Waals surface area contributed by atoms with Gasteiger partial charge in [0.1, 0.15) is 11.8 Å². The highest BCUT2D eigenvalue weighted by Crippen LogP contribution is 2.25. The molecule has 4 nitrogen and oxygen atoms in total. The van der Waals surface area contributed by atoms with Crippen LogP contribution in [-0.4, -0.2) is 16.7 Å². The number of pyridine rings is 1. The summed E-state index contributed by atoms with van der Waals surface area (Å²) in [5.74, 6) is -0.473. The summed E-state index contributed by atoms with van der Waals surface area (Å²) in [5.41, 5.74) is 3.74. The number of ether oxygens (including phenoxy) is 1. The maximum absolute atomic E-state index is 11.9. The van der Waals surface area contributed by atoms with Crippen LogP contribution >= 0.6 is 22.9 Å². The topological polar surface area (TPSA) is 56.3 Å². The van der Waals surface area contributed by atoms with Gasteiger partial charge in [0.15, 0.2) is 5.78 Å². The second kappa shape index (κ2) is 7.98. The average Bonchev–Trinajstić information content (AvgIpc) is 3.16. The Morgan fingerprint density at radius 2 is 2.00 bits per heavy atom. The van der Waals surface area contributed by atoms with Gasteiger partial charge in [-0.1, -0.05) is 29.8 Å². The molecule has 6 heteroatoms. The number of ketones is 1. The monoisotopic (exact) mass is 387 g/mol. The quantitative estimate of drug-likeness (QED) is 0.328. The first-order chi connectivity index (χ1) is 12.5. The summed E-state index contributed by atoms with van der Waals surface area (Å²) < 4.78 is 5.27. The van der Waals surface area contributed by atoms with Gasteiger partial charge in [-0.25, -0.2) is 4.98 Å². The molecule has 0 bridgehead atoms. The predicted octanol–water partition coefficient (Wildman–Crippen LogP) is 5.27. The minimum absolute atomic E-state index is 0.0424. The van der Waals surface area contributed by atoms with Crippen molar-refractivity contribution < 1.29 is 14.3 Å². The SMILES string of the molecule is Cc1ccc2cc(COC(=O)CCC(=O)c3cccs3)c(Cl)nc2c1C. The number of hydrogen-bond acceptors (Lipinski definition) is 5. The molecule has 26 heavy (non-hydrogen) atoms. The van der Waals surface area contributed by atoms with E-state index in [-0.39, 0.29) is 25.2 Å². The fraction of sp³-hybridized carbons (Fsp3) is 0.250. The van der Waals surface area contributed by atoms with E-state index in [1.54, 1.807) is 6.07 Å². The summed E-state index contributed by atoms with van der Waals surface area (Å²) in [6, 6.07) is 9.46. The van der Waals surface area contributed by atoms with Crippen molar-refractivity contribution in [2.45, 2.75) is 33.3 Å². The molecule has 0 aliphatic carbocycles. The van der Waals surface area contributed by atoms with Crippen LogP contribution < -0.4 is 0 Å². The number of nitrogens with zero attached hydrogens (tertiary/aromatic N) is 1. The minimum atomic E-state index is -0.425. The zero-order valence-corrected chi connectivity index (χ0v) is 16.1. The number of fused-ring (bicyclic) bond motifs is 1. The molecule has 0 N–H and O–H groups in total. The Balaban J connectivity index is 1.62. The van der Waals surface area contributed by atoms with Crippen molar-refractivity contribution in [1.82, 2.24) is 4.98 Å². The summed E-state index contributed by atoms with van der Waals surface area (Å²) in [7, 11) is 0. The van der Waals surface area contributed by atoms with Gasteiger partial charge in [-0.3, -0.25) is 9.59 Å². The number of rotatable bonds is 6. The Morgan fingerprint density at radius 1 is 1.19 bits per heavy atom. The van der Waals surface area contributed by atoms with Gasteiger partial charge in [0.25, 0.3) is 0 Å². The van der Waals surface area contributed by atoms with Crippen molar-refractivity contribution in [2.24, 2.45) is 0 Å². The number of Topliss-reactive ketones (excluding diaryl/α,β-unsaturated/α-hetero) is 1. The van der Waals surface area contributed by atoms with Gasteiger partial charge in [-0.2, -0.15) is 0 Å². The fourth-order valence-electron chi connectivity index (χ4n) is 2.61. The molecule has 0 saturated heterocycles. The molecule has 0 unspecified atom stereocenters. The Morgan fingerprint density at radius 3 is 2.73 bits per heavy atom. The van der Waals surface area contributed by atoms with Crippen LogP contribution in [0.25, 0.3) is 10.9 Å². The normalized spacial score (nSPS) is 10.9. The van der Waals surface area contributed by atoms with Crippen molar-refractivity contribution >= 4 is 45.6 Å². The number of benzene rings is 1. The van der Waals surface area contributed by atoms with E-state index in [9.17, 15) is 9.59 Å². The van der Waals surface area contributed by atoms with Crippen molar-refractivity contribution in [2.75, 3.05) is 0 Å². The van der Waals surface area contributed by atoms with E-state index in [0.29, 0.717) is 15.6 Å². The van der Waals surface area contributed by atoms with E-state index in [1.807, 2.05) is 43.5 Å². The number of carbonyl (C=O) groups excluding carboxylic acids is 2. The van der Waals surface area contributed by atoms with Crippen LogP contribution in [0.4, 0.5) is 0 Å². The van der Waals surface area contributed by atoms with E-state index in [2.05, 4.69) is 4.98 Å². The van der Waals surface area contributed by atoms with Crippen LogP contribution in [0, 0.1) is 13.8 Å². The predicted molar refractivity (Wildman–Crippen MR) is 104 cm³/mol. The largest absolute Gasteiger partial charge is 0.461 e. The Labute approximate surface area is 160 Å². The highest BCUT2D eigenvalue weighted by atomic mass is 35.5.